The second-order valence-electron chi connectivity index (χ2n) is 5.84. The van der Waals surface area contributed by atoms with Gasteiger partial charge in [0.1, 0.15) is 0 Å². The zero-order valence-corrected chi connectivity index (χ0v) is 13.9. The Kier molecular flexibility index (Phi) is 17.9. The van der Waals surface area contributed by atoms with Gasteiger partial charge in [0.25, 0.3) is 0 Å². The van der Waals surface area contributed by atoms with Crippen LogP contribution in [-0.4, -0.2) is 24.0 Å². The molecule has 0 aliphatic heterocycles. The summed E-state index contributed by atoms with van der Waals surface area (Å²) in [6.07, 6.45) is 18.4. The molecule has 0 aliphatic rings. The molecule has 0 amide bonds. The Bertz CT molecular complexity index is 191. The smallest absolute Gasteiger partial charge is 0.400 e. The highest BCUT2D eigenvalue weighted by atomic mass is 17.2. The maximum Gasteiger partial charge on any atom is 0.662 e. The highest BCUT2D eigenvalue weighted by Crippen LogP contribution is 2.12. The predicted molar refractivity (Wildman–Crippen MR) is 87.5 cm³/mol. The molecule has 21 heavy (non-hydrogen) atoms. The number of unbranched alkanes of at least 4 members (excludes halogenated alkanes) is 13. The quantitative estimate of drug-likeness (QED) is 0.181. The summed E-state index contributed by atoms with van der Waals surface area (Å²) in [7, 11) is -1.82. The standard InChI is InChI=1S/C16H35BO4/c1-2-3-4-5-6-7-8-9-10-11-12-13-14-15-16-20-21-17(18)19/h18-19H,2-16H2,1H3. The summed E-state index contributed by atoms with van der Waals surface area (Å²) < 4.78 is 0. The van der Waals surface area contributed by atoms with Crippen LogP contribution in [0.25, 0.3) is 0 Å². The van der Waals surface area contributed by atoms with Crippen molar-refractivity contribution in [3.05, 3.63) is 0 Å². The van der Waals surface area contributed by atoms with Gasteiger partial charge in [-0.1, -0.05) is 90.4 Å². The Hall–Kier alpha value is -0.0951. The minimum atomic E-state index is -1.82. The fraction of sp³-hybridized carbons (Fsp3) is 1.00. The second-order valence-corrected chi connectivity index (χ2v) is 5.84. The van der Waals surface area contributed by atoms with E-state index in [-0.39, 0.29) is 0 Å². The third kappa shape index (κ3) is 19.9. The third-order valence-electron chi connectivity index (χ3n) is 3.74. The van der Waals surface area contributed by atoms with Gasteiger partial charge in [-0.2, -0.15) is 0 Å². The SMILES string of the molecule is CCCCCCCCCCCCCCCCOOB(O)O. The van der Waals surface area contributed by atoms with Crippen molar-refractivity contribution in [3.63, 3.8) is 0 Å². The van der Waals surface area contributed by atoms with Crippen molar-refractivity contribution in [2.45, 2.75) is 96.8 Å². The summed E-state index contributed by atoms with van der Waals surface area (Å²) in [6.45, 7) is 2.69. The van der Waals surface area contributed by atoms with Gasteiger partial charge in [0.2, 0.25) is 0 Å². The zero-order valence-electron chi connectivity index (χ0n) is 13.9. The molecule has 0 aromatic heterocycles. The van der Waals surface area contributed by atoms with Crippen LogP contribution in [0.15, 0.2) is 0 Å². The first-order chi connectivity index (χ1) is 10.3. The second kappa shape index (κ2) is 18.0. The maximum absolute atomic E-state index is 8.38. The van der Waals surface area contributed by atoms with Gasteiger partial charge in [0.15, 0.2) is 0 Å². The Labute approximate surface area is 131 Å². The molecule has 0 unspecified atom stereocenters. The molecule has 0 aliphatic carbocycles. The van der Waals surface area contributed by atoms with E-state index in [0.717, 1.165) is 12.8 Å². The van der Waals surface area contributed by atoms with Crippen LogP contribution in [0.1, 0.15) is 96.8 Å². The lowest BCUT2D eigenvalue weighted by Crippen LogP contribution is -2.17. The normalized spacial score (nSPS) is 11.0. The molecular weight excluding hydrogens is 267 g/mol. The fourth-order valence-electron chi connectivity index (χ4n) is 2.46. The first kappa shape index (κ1) is 20.9. The predicted octanol–water partition coefficient (Wildman–Crippen LogP) is 4.39. The van der Waals surface area contributed by atoms with Gasteiger partial charge in [-0.05, 0) is 6.42 Å². The lowest BCUT2D eigenvalue weighted by molar-refractivity contribution is -0.235. The van der Waals surface area contributed by atoms with E-state index in [0.29, 0.717) is 6.61 Å². The first-order valence-corrected chi connectivity index (χ1v) is 8.91. The molecule has 0 aromatic carbocycles. The Balaban J connectivity index is 2.93. The monoisotopic (exact) mass is 302 g/mol. The molecule has 0 fully saturated rings. The van der Waals surface area contributed by atoms with E-state index in [1.54, 1.807) is 0 Å². The van der Waals surface area contributed by atoms with Gasteiger partial charge in [-0.15, -0.1) is 0 Å². The van der Waals surface area contributed by atoms with Crippen molar-refractivity contribution >= 4 is 7.32 Å². The van der Waals surface area contributed by atoms with Gasteiger partial charge in [-0.25, -0.2) is 9.69 Å². The van der Waals surface area contributed by atoms with Crippen molar-refractivity contribution in [2.24, 2.45) is 0 Å². The van der Waals surface area contributed by atoms with E-state index in [2.05, 4.69) is 16.6 Å². The maximum atomic E-state index is 8.38. The van der Waals surface area contributed by atoms with Gasteiger partial charge in [-0.3, -0.25) is 0 Å². The summed E-state index contributed by atoms with van der Waals surface area (Å²) >= 11 is 0. The van der Waals surface area contributed by atoms with Crippen LogP contribution < -0.4 is 0 Å². The highest BCUT2D eigenvalue weighted by Gasteiger charge is 2.08. The summed E-state index contributed by atoms with van der Waals surface area (Å²) in [5.74, 6) is 0. The minimum absolute atomic E-state index is 0.426. The lowest BCUT2D eigenvalue weighted by Gasteiger charge is -2.04. The summed E-state index contributed by atoms with van der Waals surface area (Å²) in [4.78, 5) is 8.77. The summed E-state index contributed by atoms with van der Waals surface area (Å²) in [6, 6.07) is 0. The molecule has 0 atom stereocenters. The first-order valence-electron chi connectivity index (χ1n) is 8.91. The van der Waals surface area contributed by atoms with Crippen LogP contribution in [-0.2, 0) is 9.69 Å². The topological polar surface area (TPSA) is 58.9 Å². The number of hydrogen-bond acceptors (Lipinski definition) is 4. The van der Waals surface area contributed by atoms with Crippen molar-refractivity contribution in [3.8, 4) is 0 Å². The summed E-state index contributed by atoms with van der Waals surface area (Å²) in [5, 5.41) is 16.8. The van der Waals surface area contributed by atoms with Crippen LogP contribution in [0.5, 0.6) is 0 Å². The molecule has 0 saturated heterocycles. The van der Waals surface area contributed by atoms with Crippen LogP contribution >= 0.6 is 0 Å². The Morgan fingerprint density at radius 2 is 1.00 bits per heavy atom. The third-order valence-corrected chi connectivity index (χ3v) is 3.74. The zero-order chi connectivity index (χ0) is 15.6. The van der Waals surface area contributed by atoms with E-state index < -0.39 is 7.32 Å². The van der Waals surface area contributed by atoms with Crippen LogP contribution in [0, 0.1) is 0 Å². The lowest BCUT2D eigenvalue weighted by atomic mass is 10.0. The molecular formula is C16H35BO4. The van der Waals surface area contributed by atoms with E-state index in [4.69, 9.17) is 10.0 Å². The Morgan fingerprint density at radius 1 is 0.619 bits per heavy atom. The summed E-state index contributed by atoms with van der Waals surface area (Å²) in [5.41, 5.74) is 0. The van der Waals surface area contributed by atoms with Gasteiger partial charge < -0.3 is 10.0 Å². The molecule has 0 heterocycles. The Morgan fingerprint density at radius 3 is 1.38 bits per heavy atom. The van der Waals surface area contributed by atoms with Gasteiger partial charge in [0, 0.05) is 0 Å². The number of rotatable bonds is 17. The van der Waals surface area contributed by atoms with E-state index in [9.17, 15) is 0 Å². The van der Waals surface area contributed by atoms with Crippen molar-refractivity contribution in [1.82, 2.24) is 0 Å². The average molecular weight is 302 g/mol. The van der Waals surface area contributed by atoms with E-state index in [1.807, 2.05) is 0 Å². The largest absolute Gasteiger partial charge is 0.662 e. The molecule has 2 N–H and O–H groups in total. The highest BCUT2D eigenvalue weighted by molar-refractivity contribution is 6.32. The fourth-order valence-corrected chi connectivity index (χ4v) is 2.46. The van der Waals surface area contributed by atoms with Crippen molar-refractivity contribution in [1.29, 1.82) is 0 Å². The number of hydrogen-bond donors (Lipinski definition) is 2. The van der Waals surface area contributed by atoms with Gasteiger partial charge in [0.05, 0.1) is 6.61 Å². The van der Waals surface area contributed by atoms with Crippen molar-refractivity contribution in [2.75, 3.05) is 6.61 Å². The average Bonchev–Trinajstić information content (AvgIpc) is 2.46. The molecule has 126 valence electrons. The molecule has 0 radical (unpaired) electrons. The van der Waals surface area contributed by atoms with Crippen molar-refractivity contribution < 1.29 is 19.7 Å². The van der Waals surface area contributed by atoms with Crippen LogP contribution in [0.3, 0.4) is 0 Å². The van der Waals surface area contributed by atoms with E-state index in [1.165, 1.54) is 77.0 Å². The van der Waals surface area contributed by atoms with E-state index >= 15 is 0 Å². The minimum Gasteiger partial charge on any atom is -0.400 e. The van der Waals surface area contributed by atoms with Gasteiger partial charge >= 0.3 is 7.32 Å². The van der Waals surface area contributed by atoms with Crippen LogP contribution in [0.2, 0.25) is 0 Å². The molecule has 0 rings (SSSR count). The molecule has 4 nitrogen and oxygen atoms in total. The molecule has 0 bridgehead atoms. The molecule has 5 heteroatoms. The molecule has 0 spiro atoms. The molecule has 0 aromatic rings. The van der Waals surface area contributed by atoms with Crippen LogP contribution in [0.4, 0.5) is 0 Å². The molecule has 0 saturated carbocycles.